The van der Waals surface area contributed by atoms with Gasteiger partial charge in [-0.05, 0) is 98.9 Å². The molecule has 1 amide bonds. The second kappa shape index (κ2) is 8.83. The summed E-state index contributed by atoms with van der Waals surface area (Å²) in [5, 5.41) is 1.16. The third kappa shape index (κ3) is 3.92. The van der Waals surface area contributed by atoms with Gasteiger partial charge in [-0.2, -0.15) is 0 Å². The maximum absolute atomic E-state index is 13.6. The summed E-state index contributed by atoms with van der Waals surface area (Å²) in [5.74, 6) is 1.76. The normalized spacial score (nSPS) is 32.1. The number of amides is 1. The number of aromatic nitrogens is 1. The van der Waals surface area contributed by atoms with Crippen molar-refractivity contribution >= 4 is 38.4 Å². The number of nitrogens with zero attached hydrogens (tertiary/aromatic N) is 1. The van der Waals surface area contributed by atoms with Crippen molar-refractivity contribution in [2.75, 3.05) is 5.88 Å². The zero-order valence-electron chi connectivity index (χ0n) is 21.6. The lowest BCUT2D eigenvalue weighted by atomic mass is 9.53. The highest BCUT2D eigenvalue weighted by Crippen LogP contribution is 2.56. The molecule has 5 aliphatic rings. The zero-order chi connectivity index (χ0) is 26.2. The summed E-state index contributed by atoms with van der Waals surface area (Å²) in [5.41, 5.74) is 3.81. The molecule has 2 N–H and O–H groups in total. The summed E-state index contributed by atoms with van der Waals surface area (Å²) < 4.78 is 30.4. The summed E-state index contributed by atoms with van der Waals surface area (Å²) >= 11 is 6.05. The van der Waals surface area contributed by atoms with E-state index < -0.39 is 10.0 Å². The van der Waals surface area contributed by atoms with Crippen LogP contribution in [0.2, 0.25) is 0 Å². The quantitative estimate of drug-likeness (QED) is 0.410. The number of rotatable bonds is 5. The van der Waals surface area contributed by atoms with E-state index in [2.05, 4.69) is 28.8 Å². The van der Waals surface area contributed by atoms with Gasteiger partial charge in [-0.15, -0.1) is 11.6 Å². The number of sulfonamides is 1. The molecule has 0 spiro atoms. The number of benzene rings is 2. The molecule has 0 unspecified atom stereocenters. The molecule has 8 rings (SSSR count). The maximum Gasteiger partial charge on any atom is 0.241 e. The second-order valence-electron chi connectivity index (χ2n) is 12.3. The number of H-pyrrole nitrogens is 1. The molecule has 6 nitrogen and oxygen atoms in total. The van der Waals surface area contributed by atoms with Crippen molar-refractivity contribution in [1.82, 2.24) is 14.6 Å². The highest BCUT2D eigenvalue weighted by molar-refractivity contribution is 7.89. The van der Waals surface area contributed by atoms with E-state index >= 15 is 0 Å². The number of hydrogen-bond donors (Lipinski definition) is 2. The van der Waals surface area contributed by atoms with Gasteiger partial charge in [0.05, 0.1) is 10.9 Å². The average Bonchev–Trinajstić information content (AvgIpc) is 3.24. The number of halogens is 1. The maximum atomic E-state index is 13.6. The molecule has 4 bridgehead atoms. The van der Waals surface area contributed by atoms with Gasteiger partial charge in [0, 0.05) is 28.2 Å². The molecule has 38 heavy (non-hydrogen) atoms. The molecule has 4 fully saturated rings. The average molecular weight is 552 g/mol. The number of aromatic amines is 1. The van der Waals surface area contributed by atoms with Crippen LogP contribution in [0.3, 0.4) is 0 Å². The molecule has 1 aliphatic heterocycles. The smallest absolute Gasteiger partial charge is 0.241 e. The first kappa shape index (κ1) is 24.7. The van der Waals surface area contributed by atoms with E-state index in [4.69, 9.17) is 11.6 Å². The number of hydrogen-bond acceptors (Lipinski definition) is 3. The van der Waals surface area contributed by atoms with Gasteiger partial charge < -0.3 is 9.88 Å². The van der Waals surface area contributed by atoms with E-state index in [1.165, 1.54) is 24.8 Å². The lowest BCUT2D eigenvalue weighted by molar-refractivity contribution is -0.133. The molecule has 4 aliphatic carbocycles. The van der Waals surface area contributed by atoms with Gasteiger partial charge in [-0.3, -0.25) is 4.79 Å². The topological polar surface area (TPSA) is 82.3 Å². The fourth-order valence-electron chi connectivity index (χ4n) is 8.66. The monoisotopic (exact) mass is 551 g/mol. The Balaban J connectivity index is 1.23. The first-order valence-electron chi connectivity index (χ1n) is 13.9. The van der Waals surface area contributed by atoms with Gasteiger partial charge in [0.25, 0.3) is 0 Å². The second-order valence-corrected chi connectivity index (χ2v) is 14.3. The first-order chi connectivity index (χ1) is 18.2. The van der Waals surface area contributed by atoms with Gasteiger partial charge in [0.2, 0.25) is 15.9 Å². The van der Waals surface area contributed by atoms with Crippen molar-refractivity contribution in [3.8, 4) is 0 Å². The summed E-state index contributed by atoms with van der Waals surface area (Å²) in [6.07, 6.45) is 7.44. The Morgan fingerprint density at radius 1 is 1.03 bits per heavy atom. The van der Waals surface area contributed by atoms with E-state index in [1.54, 1.807) is 12.1 Å². The fraction of sp³-hybridized carbons (Fsp3) is 0.500. The van der Waals surface area contributed by atoms with Crippen LogP contribution in [-0.2, 0) is 21.2 Å². The Labute approximate surface area is 229 Å². The Bertz CT molecular complexity index is 1480. The number of para-hydroxylation sites is 1. The number of alkyl halides is 1. The predicted octanol–water partition coefficient (Wildman–Crippen LogP) is 5.52. The minimum atomic E-state index is -3.66. The van der Waals surface area contributed by atoms with Gasteiger partial charge in [0.1, 0.15) is 5.88 Å². The highest BCUT2D eigenvalue weighted by Gasteiger charge is 2.52. The lowest BCUT2D eigenvalue weighted by Crippen LogP contribution is -2.59. The van der Waals surface area contributed by atoms with Crippen LogP contribution < -0.4 is 4.72 Å². The van der Waals surface area contributed by atoms with Crippen molar-refractivity contribution < 1.29 is 13.2 Å². The van der Waals surface area contributed by atoms with Crippen LogP contribution >= 0.6 is 11.6 Å². The van der Waals surface area contributed by atoms with Gasteiger partial charge in [-0.1, -0.05) is 30.3 Å². The molecular formula is C30H34ClN3O3S. The highest BCUT2D eigenvalue weighted by atomic mass is 35.5. The molecular weight excluding hydrogens is 518 g/mol. The molecule has 8 heteroatoms. The number of carbonyl (C=O) groups excluding carboxylic acids is 1. The molecule has 4 saturated carbocycles. The summed E-state index contributed by atoms with van der Waals surface area (Å²) in [6, 6.07) is 14.9. The van der Waals surface area contributed by atoms with Crippen molar-refractivity contribution in [2.45, 2.75) is 74.4 Å². The summed E-state index contributed by atoms with van der Waals surface area (Å²) in [6.45, 7) is 2.05. The number of carbonyl (C=O) groups is 1. The predicted molar refractivity (Wildman–Crippen MR) is 149 cm³/mol. The van der Waals surface area contributed by atoms with E-state index in [9.17, 15) is 13.2 Å². The third-order valence-electron chi connectivity index (χ3n) is 9.67. The van der Waals surface area contributed by atoms with Crippen LogP contribution in [-0.4, -0.2) is 41.7 Å². The minimum Gasteiger partial charge on any atom is -0.356 e. The summed E-state index contributed by atoms with van der Waals surface area (Å²) in [4.78, 5) is 18.7. The zero-order valence-corrected chi connectivity index (χ0v) is 23.2. The van der Waals surface area contributed by atoms with Crippen molar-refractivity contribution in [3.05, 3.63) is 65.4 Å². The van der Waals surface area contributed by atoms with E-state index in [1.807, 2.05) is 29.2 Å². The van der Waals surface area contributed by atoms with Crippen LogP contribution in [0, 0.1) is 17.8 Å². The van der Waals surface area contributed by atoms with Crippen molar-refractivity contribution in [1.29, 1.82) is 0 Å². The van der Waals surface area contributed by atoms with Crippen molar-refractivity contribution in [2.24, 2.45) is 17.8 Å². The van der Waals surface area contributed by atoms with Gasteiger partial charge in [0.15, 0.2) is 0 Å². The summed E-state index contributed by atoms with van der Waals surface area (Å²) in [7, 11) is -3.66. The Kier molecular flexibility index (Phi) is 5.73. The number of fused-ring (bicyclic) bond motifs is 3. The van der Waals surface area contributed by atoms with Crippen LogP contribution in [0.4, 0.5) is 0 Å². The SMILES string of the molecule is C[C@H]1Cc2c([nH]c3ccccc23)[C@H](c2ccc(S(=O)(=O)N[C@]34C[C@H]5C[C@H](C[C@H](C5)C3)C4)cc2)N1C(=O)CCl. The third-order valence-corrected chi connectivity index (χ3v) is 11.5. The van der Waals surface area contributed by atoms with Crippen LogP contribution in [0.1, 0.15) is 68.3 Å². The first-order valence-corrected chi connectivity index (χ1v) is 15.9. The Hall–Kier alpha value is -2.35. The van der Waals surface area contributed by atoms with Crippen molar-refractivity contribution in [3.63, 3.8) is 0 Å². The molecule has 1 aromatic heterocycles. The van der Waals surface area contributed by atoms with E-state index in [-0.39, 0.29) is 34.3 Å². The van der Waals surface area contributed by atoms with E-state index in [0.717, 1.165) is 47.8 Å². The van der Waals surface area contributed by atoms with Gasteiger partial charge in [-0.25, -0.2) is 13.1 Å². The molecule has 0 saturated heterocycles. The standard InChI is InChI=1S/C30H34ClN3O3S/c1-18-10-25-24-4-2-3-5-26(24)32-28(25)29(34(18)27(35)17-31)22-6-8-23(9-7-22)38(36,37)33-30-14-19-11-20(15-30)13-21(12-19)16-30/h2-9,18-21,29,32-33H,10-17H2,1H3/t18-,19-,20+,21-,29-,30-/m0/s1. The molecule has 2 heterocycles. The lowest BCUT2D eigenvalue weighted by Gasteiger charge is -2.56. The number of nitrogens with one attached hydrogen (secondary N) is 2. The largest absolute Gasteiger partial charge is 0.356 e. The van der Waals surface area contributed by atoms with Crippen LogP contribution in [0.15, 0.2) is 53.4 Å². The van der Waals surface area contributed by atoms with Crippen LogP contribution in [0.25, 0.3) is 10.9 Å². The molecule has 0 radical (unpaired) electrons. The molecule has 3 aromatic rings. The Morgan fingerprint density at radius 3 is 2.29 bits per heavy atom. The van der Waals surface area contributed by atoms with Gasteiger partial charge >= 0.3 is 0 Å². The Morgan fingerprint density at radius 2 is 1.66 bits per heavy atom. The molecule has 2 aromatic carbocycles. The van der Waals surface area contributed by atoms with E-state index in [0.29, 0.717) is 17.8 Å². The fourth-order valence-corrected chi connectivity index (χ4v) is 10.2. The van der Waals surface area contributed by atoms with Crippen LogP contribution in [0.5, 0.6) is 0 Å². The molecule has 2 atom stereocenters. The molecule has 200 valence electrons. The minimum absolute atomic E-state index is 0.0425.